The van der Waals surface area contributed by atoms with Crippen LogP contribution in [0.3, 0.4) is 0 Å². The average Bonchev–Trinajstić information content (AvgIpc) is 2.99. The van der Waals surface area contributed by atoms with E-state index < -0.39 is 28.5 Å². The number of unbranched alkanes of at least 4 members (excludes halogenated alkanes) is 1. The summed E-state index contributed by atoms with van der Waals surface area (Å²) in [7, 11) is -2.21. The number of sulfonamides is 1. The third kappa shape index (κ3) is 7.08. The van der Waals surface area contributed by atoms with Gasteiger partial charge in [0, 0.05) is 13.1 Å². The quantitative estimate of drug-likeness (QED) is 0.274. The van der Waals surface area contributed by atoms with E-state index in [1.165, 1.54) is 53.3 Å². The standard InChI is InChI=1S/C35H49N3O5S/c1-5-7-15-36-34(40)32(6-2)37(23-25-9-8-10-31(19-25)43-3)33(39)24-38(44(4,41)42)30-13-11-29(12-14-30)35-20-26-16-27(21-35)18-28(17-26)22-35/h8-14,19,26-28,32H,5-7,15-18,20-24H2,1-4H3,(H,36,40)/t26?,27?,28?,32-,35?/m0/s1. The van der Waals surface area contributed by atoms with Crippen LogP contribution in [0.2, 0.25) is 0 Å². The van der Waals surface area contributed by atoms with Gasteiger partial charge in [-0.3, -0.25) is 13.9 Å². The summed E-state index contributed by atoms with van der Waals surface area (Å²) in [5, 5.41) is 2.96. The van der Waals surface area contributed by atoms with Crippen molar-refractivity contribution in [3.05, 3.63) is 59.7 Å². The van der Waals surface area contributed by atoms with Gasteiger partial charge in [0.2, 0.25) is 21.8 Å². The number of anilines is 1. The van der Waals surface area contributed by atoms with E-state index in [0.717, 1.165) is 42.4 Å². The van der Waals surface area contributed by atoms with Gasteiger partial charge in [0.15, 0.2) is 0 Å². The zero-order chi connectivity index (χ0) is 31.5. The largest absolute Gasteiger partial charge is 0.497 e. The maximum atomic E-state index is 14.1. The monoisotopic (exact) mass is 623 g/mol. The Kier molecular flexibility index (Phi) is 9.93. The van der Waals surface area contributed by atoms with E-state index in [2.05, 4.69) is 24.4 Å². The number of hydrogen-bond acceptors (Lipinski definition) is 5. The van der Waals surface area contributed by atoms with Gasteiger partial charge >= 0.3 is 0 Å². The fourth-order valence-electron chi connectivity index (χ4n) is 8.45. The number of rotatable bonds is 14. The molecule has 8 nitrogen and oxygen atoms in total. The zero-order valence-electron chi connectivity index (χ0n) is 26.8. The molecule has 2 aromatic carbocycles. The minimum absolute atomic E-state index is 0.151. The van der Waals surface area contributed by atoms with Gasteiger partial charge in [-0.1, -0.05) is 44.5 Å². The van der Waals surface area contributed by atoms with Crippen molar-refractivity contribution in [1.82, 2.24) is 10.2 Å². The van der Waals surface area contributed by atoms with E-state index in [0.29, 0.717) is 24.4 Å². The number of amides is 2. The molecule has 0 unspecified atom stereocenters. The number of nitrogens with zero attached hydrogens (tertiary/aromatic N) is 2. The first-order valence-electron chi connectivity index (χ1n) is 16.3. The molecule has 0 aliphatic heterocycles. The topological polar surface area (TPSA) is 96.0 Å². The fraction of sp³-hybridized carbons (Fsp3) is 0.600. The molecule has 2 amide bonds. The molecule has 0 saturated heterocycles. The smallest absolute Gasteiger partial charge is 0.244 e. The molecule has 0 heterocycles. The minimum atomic E-state index is -3.79. The molecule has 4 bridgehead atoms. The van der Waals surface area contributed by atoms with Gasteiger partial charge in [-0.15, -0.1) is 0 Å². The molecule has 1 N–H and O–H groups in total. The van der Waals surface area contributed by atoms with Crippen LogP contribution in [-0.2, 0) is 31.6 Å². The van der Waals surface area contributed by atoms with Crippen LogP contribution in [0.5, 0.6) is 5.75 Å². The highest BCUT2D eigenvalue weighted by Crippen LogP contribution is 2.60. The van der Waals surface area contributed by atoms with E-state index in [1.54, 1.807) is 7.11 Å². The lowest BCUT2D eigenvalue weighted by Gasteiger charge is -2.57. The number of carbonyl (C=O) groups is 2. The first-order valence-corrected chi connectivity index (χ1v) is 18.2. The van der Waals surface area contributed by atoms with Crippen LogP contribution >= 0.6 is 0 Å². The third-order valence-electron chi connectivity index (χ3n) is 10.2. The third-order valence-corrected chi connectivity index (χ3v) is 11.3. The molecule has 0 radical (unpaired) electrons. The molecule has 2 aromatic rings. The predicted octanol–water partition coefficient (Wildman–Crippen LogP) is 5.65. The molecule has 1 atom stereocenters. The van der Waals surface area contributed by atoms with Crippen molar-refractivity contribution in [2.45, 2.75) is 89.6 Å². The van der Waals surface area contributed by atoms with E-state index in [9.17, 15) is 18.0 Å². The second-order valence-corrected chi connectivity index (χ2v) is 15.4. The fourth-order valence-corrected chi connectivity index (χ4v) is 9.30. The van der Waals surface area contributed by atoms with Crippen molar-refractivity contribution in [2.24, 2.45) is 17.8 Å². The van der Waals surface area contributed by atoms with Crippen LogP contribution in [0.15, 0.2) is 48.5 Å². The molecule has 240 valence electrons. The van der Waals surface area contributed by atoms with Crippen molar-refractivity contribution >= 4 is 27.5 Å². The molecule has 44 heavy (non-hydrogen) atoms. The first-order chi connectivity index (χ1) is 21.0. The summed E-state index contributed by atoms with van der Waals surface area (Å²) in [6.07, 6.45) is 11.1. The normalized spacial score (nSPS) is 24.5. The number of carbonyl (C=O) groups excluding carboxylic acids is 2. The van der Waals surface area contributed by atoms with Crippen molar-refractivity contribution in [3.63, 3.8) is 0 Å². The van der Waals surface area contributed by atoms with Crippen molar-refractivity contribution < 1.29 is 22.7 Å². The van der Waals surface area contributed by atoms with Crippen LogP contribution in [0.1, 0.15) is 82.8 Å². The Morgan fingerprint density at radius 3 is 2.18 bits per heavy atom. The van der Waals surface area contributed by atoms with Crippen LogP contribution < -0.4 is 14.4 Å². The van der Waals surface area contributed by atoms with E-state index in [-0.39, 0.29) is 17.9 Å². The molecule has 0 spiro atoms. The number of benzene rings is 2. The summed E-state index contributed by atoms with van der Waals surface area (Å²) in [6, 6.07) is 14.5. The molecular weight excluding hydrogens is 574 g/mol. The maximum Gasteiger partial charge on any atom is 0.244 e. The number of methoxy groups -OCH3 is 1. The lowest BCUT2D eigenvalue weighted by Crippen LogP contribution is -2.52. The highest BCUT2D eigenvalue weighted by Gasteiger charge is 2.51. The SMILES string of the molecule is CCCCNC(=O)[C@H](CC)N(Cc1cccc(OC)c1)C(=O)CN(c1ccc(C23CC4CC(CC(C4)C2)C3)cc1)S(C)(=O)=O. The van der Waals surface area contributed by atoms with Gasteiger partial charge in [-0.25, -0.2) is 8.42 Å². The molecule has 9 heteroatoms. The Morgan fingerprint density at radius 1 is 1.00 bits per heavy atom. The summed E-state index contributed by atoms with van der Waals surface area (Å²) in [5.74, 6) is 2.42. The minimum Gasteiger partial charge on any atom is -0.497 e. The van der Waals surface area contributed by atoms with E-state index in [4.69, 9.17) is 4.74 Å². The number of ether oxygens (including phenoxy) is 1. The second-order valence-electron chi connectivity index (χ2n) is 13.5. The summed E-state index contributed by atoms with van der Waals surface area (Å²) in [5.41, 5.74) is 2.76. The summed E-state index contributed by atoms with van der Waals surface area (Å²) >= 11 is 0. The first kappa shape index (κ1) is 32.3. The average molecular weight is 624 g/mol. The molecule has 6 rings (SSSR count). The molecular formula is C35H49N3O5S. The Morgan fingerprint density at radius 2 is 1.64 bits per heavy atom. The van der Waals surface area contributed by atoms with Gasteiger partial charge in [0.05, 0.1) is 19.1 Å². The van der Waals surface area contributed by atoms with E-state index >= 15 is 0 Å². The highest BCUT2D eigenvalue weighted by molar-refractivity contribution is 7.92. The van der Waals surface area contributed by atoms with Gasteiger partial charge in [-0.2, -0.15) is 0 Å². The van der Waals surface area contributed by atoms with E-state index in [1.807, 2.05) is 43.3 Å². The maximum absolute atomic E-state index is 14.1. The second kappa shape index (κ2) is 13.5. The van der Waals surface area contributed by atoms with Crippen LogP contribution in [0.4, 0.5) is 5.69 Å². The van der Waals surface area contributed by atoms with Gasteiger partial charge in [-0.05, 0) is 110 Å². The van der Waals surface area contributed by atoms with Crippen LogP contribution in [-0.4, -0.2) is 57.6 Å². The summed E-state index contributed by atoms with van der Waals surface area (Å²) in [4.78, 5) is 28.9. The Balaban J connectivity index is 1.39. The highest BCUT2D eigenvalue weighted by atomic mass is 32.2. The summed E-state index contributed by atoms with van der Waals surface area (Å²) in [6.45, 7) is 4.21. The zero-order valence-corrected chi connectivity index (χ0v) is 27.6. The number of nitrogens with one attached hydrogen (secondary N) is 1. The van der Waals surface area contributed by atoms with Gasteiger partial charge in [0.1, 0.15) is 18.3 Å². The Labute approximate surface area is 263 Å². The molecule has 4 saturated carbocycles. The lowest BCUT2D eigenvalue weighted by atomic mass is 9.48. The molecule has 4 aliphatic rings. The van der Waals surface area contributed by atoms with Gasteiger partial charge < -0.3 is 15.0 Å². The molecule has 4 aliphatic carbocycles. The Hall–Kier alpha value is -3.07. The van der Waals surface area contributed by atoms with Crippen molar-refractivity contribution in [2.75, 3.05) is 30.8 Å². The van der Waals surface area contributed by atoms with Gasteiger partial charge in [0.25, 0.3) is 0 Å². The predicted molar refractivity (Wildman–Crippen MR) is 174 cm³/mol. The van der Waals surface area contributed by atoms with Crippen LogP contribution in [0, 0.1) is 17.8 Å². The molecule has 0 aromatic heterocycles. The number of hydrogen-bond donors (Lipinski definition) is 1. The Bertz CT molecular complexity index is 1390. The lowest BCUT2D eigenvalue weighted by molar-refractivity contribution is -0.140. The summed E-state index contributed by atoms with van der Waals surface area (Å²) < 4.78 is 32.9. The van der Waals surface area contributed by atoms with Crippen molar-refractivity contribution in [1.29, 1.82) is 0 Å². The molecule has 4 fully saturated rings. The van der Waals surface area contributed by atoms with Crippen LogP contribution in [0.25, 0.3) is 0 Å². The van der Waals surface area contributed by atoms with Crippen molar-refractivity contribution in [3.8, 4) is 5.75 Å².